The van der Waals surface area contributed by atoms with Crippen LogP contribution in [-0.4, -0.2) is 61.4 Å². The van der Waals surface area contributed by atoms with E-state index in [1.165, 1.54) is 0 Å². The predicted octanol–water partition coefficient (Wildman–Crippen LogP) is 3.50. The summed E-state index contributed by atoms with van der Waals surface area (Å²) in [6, 6.07) is 2.07. The van der Waals surface area contributed by atoms with Crippen molar-refractivity contribution in [2.75, 3.05) is 36.0 Å². The number of hydrogen-bond acceptors (Lipinski definition) is 6. The van der Waals surface area contributed by atoms with Crippen molar-refractivity contribution in [2.24, 2.45) is 17.8 Å². The SMILES string of the molecule is CC(C)(C)OC(=O)C1C2CN(c3c(F)cc(N4CC(CNC(=S)C(F)F)OC4=O)cc3F)CC21. The van der Waals surface area contributed by atoms with E-state index in [0.29, 0.717) is 13.1 Å². The topological polar surface area (TPSA) is 71.1 Å². The van der Waals surface area contributed by atoms with E-state index in [9.17, 15) is 27.2 Å². The largest absolute Gasteiger partial charge is 0.460 e. The van der Waals surface area contributed by atoms with Gasteiger partial charge in [-0.1, -0.05) is 12.2 Å². The first-order valence-electron chi connectivity index (χ1n) is 10.9. The summed E-state index contributed by atoms with van der Waals surface area (Å²) in [5, 5.41) is 2.31. The van der Waals surface area contributed by atoms with Gasteiger partial charge in [-0.3, -0.25) is 9.69 Å². The molecule has 1 aromatic rings. The van der Waals surface area contributed by atoms with Gasteiger partial charge in [0.15, 0.2) is 11.6 Å². The van der Waals surface area contributed by atoms with Crippen LogP contribution in [0.2, 0.25) is 0 Å². The average Bonchev–Trinajstić information content (AvgIpc) is 3.02. The van der Waals surface area contributed by atoms with Crippen LogP contribution in [0.3, 0.4) is 0 Å². The van der Waals surface area contributed by atoms with Gasteiger partial charge in [-0.2, -0.15) is 0 Å². The van der Waals surface area contributed by atoms with Gasteiger partial charge in [-0.05, 0) is 32.6 Å². The number of alkyl halides is 2. The molecule has 12 heteroatoms. The molecule has 4 rings (SSSR count). The number of esters is 1. The molecule has 0 radical (unpaired) electrons. The molecule has 186 valence electrons. The minimum absolute atomic E-state index is 0.0190. The Hall–Kier alpha value is -2.63. The lowest BCUT2D eigenvalue weighted by Crippen LogP contribution is -2.36. The predicted molar refractivity (Wildman–Crippen MR) is 119 cm³/mol. The molecular formula is C22H25F4N3O4S. The van der Waals surface area contributed by atoms with Crippen molar-refractivity contribution < 1.29 is 36.6 Å². The van der Waals surface area contributed by atoms with Gasteiger partial charge in [0.25, 0.3) is 6.43 Å². The number of cyclic esters (lactones) is 1. The zero-order valence-corrected chi connectivity index (χ0v) is 19.6. The lowest BCUT2D eigenvalue weighted by atomic mass is 10.1. The van der Waals surface area contributed by atoms with Crippen LogP contribution in [0.1, 0.15) is 20.8 Å². The first kappa shape index (κ1) is 24.5. The maximum Gasteiger partial charge on any atom is 0.414 e. The Morgan fingerprint density at radius 2 is 1.79 bits per heavy atom. The minimum Gasteiger partial charge on any atom is -0.460 e. The molecule has 1 aliphatic carbocycles. The zero-order chi connectivity index (χ0) is 24.9. The van der Waals surface area contributed by atoms with E-state index in [0.717, 1.165) is 17.0 Å². The molecular weight excluding hydrogens is 478 g/mol. The molecule has 1 aromatic carbocycles. The molecule has 1 saturated carbocycles. The summed E-state index contributed by atoms with van der Waals surface area (Å²) in [6.07, 6.45) is -4.50. The smallest absolute Gasteiger partial charge is 0.414 e. The van der Waals surface area contributed by atoms with Gasteiger partial charge in [0, 0.05) is 25.2 Å². The third kappa shape index (κ3) is 4.91. The summed E-state index contributed by atoms with van der Waals surface area (Å²) in [7, 11) is 0. The fraction of sp³-hybridized carbons (Fsp3) is 0.591. The number of benzene rings is 1. The Balaban J connectivity index is 1.39. The normalized spacial score (nSPS) is 25.9. The van der Waals surface area contributed by atoms with Gasteiger partial charge < -0.3 is 19.7 Å². The lowest BCUT2D eigenvalue weighted by molar-refractivity contribution is -0.157. The van der Waals surface area contributed by atoms with Crippen molar-refractivity contribution in [3.63, 3.8) is 0 Å². The highest BCUT2D eigenvalue weighted by atomic mass is 32.1. The molecule has 3 fully saturated rings. The number of piperidine rings is 1. The van der Waals surface area contributed by atoms with Crippen LogP contribution < -0.4 is 15.1 Å². The van der Waals surface area contributed by atoms with E-state index in [1.54, 1.807) is 25.7 Å². The number of rotatable bonds is 6. The van der Waals surface area contributed by atoms with Crippen LogP contribution in [-0.2, 0) is 14.3 Å². The summed E-state index contributed by atoms with van der Waals surface area (Å²) >= 11 is 4.48. The molecule has 2 aliphatic heterocycles. The Morgan fingerprint density at radius 3 is 2.32 bits per heavy atom. The van der Waals surface area contributed by atoms with E-state index in [2.05, 4.69) is 17.5 Å². The fourth-order valence-electron chi connectivity index (χ4n) is 4.57. The number of halogens is 4. The van der Waals surface area contributed by atoms with E-state index < -0.39 is 40.8 Å². The Labute approximate surface area is 199 Å². The van der Waals surface area contributed by atoms with Crippen molar-refractivity contribution in [1.82, 2.24) is 5.32 Å². The molecule has 2 heterocycles. The maximum atomic E-state index is 14.9. The standard InChI is InChI=1S/C22H25F4N3O4S/c1-22(2,3)33-20(30)16-12-8-28(9-13(12)16)17-14(23)4-10(5-15(17)24)29-7-11(32-21(29)31)6-27-19(34)18(25)26/h4-5,11-13,16,18H,6-9H2,1-3H3,(H,27,34). The van der Waals surface area contributed by atoms with Crippen molar-refractivity contribution >= 4 is 40.6 Å². The summed E-state index contributed by atoms with van der Waals surface area (Å²) in [6.45, 7) is 5.78. The Bertz CT molecular complexity index is 983. The lowest BCUT2D eigenvalue weighted by Gasteiger charge is -2.25. The minimum atomic E-state index is -2.84. The first-order chi connectivity index (χ1) is 15.9. The Kier molecular flexibility index (Phi) is 6.38. The van der Waals surface area contributed by atoms with Gasteiger partial charge in [0.1, 0.15) is 22.4 Å². The monoisotopic (exact) mass is 503 g/mol. The summed E-state index contributed by atoms with van der Waals surface area (Å²) in [4.78, 5) is 26.4. The summed E-state index contributed by atoms with van der Waals surface area (Å²) in [5.41, 5.74) is -0.854. The van der Waals surface area contributed by atoms with Crippen LogP contribution in [0.5, 0.6) is 0 Å². The van der Waals surface area contributed by atoms with Gasteiger partial charge in [0.05, 0.1) is 24.7 Å². The second-order valence-corrected chi connectivity index (χ2v) is 10.2. The summed E-state index contributed by atoms with van der Waals surface area (Å²) < 4.78 is 65.4. The van der Waals surface area contributed by atoms with Crippen molar-refractivity contribution in [3.8, 4) is 0 Å². The second-order valence-electron chi connectivity index (χ2n) is 9.71. The molecule has 3 atom stereocenters. The fourth-order valence-corrected chi connectivity index (χ4v) is 4.65. The molecule has 7 nitrogen and oxygen atoms in total. The van der Waals surface area contributed by atoms with Crippen molar-refractivity contribution in [2.45, 2.75) is 38.9 Å². The molecule has 2 saturated heterocycles. The van der Waals surface area contributed by atoms with Crippen LogP contribution in [0.15, 0.2) is 12.1 Å². The molecule has 0 bridgehead atoms. The van der Waals surface area contributed by atoms with Gasteiger partial charge in [-0.15, -0.1) is 0 Å². The number of anilines is 2. The molecule has 0 aromatic heterocycles. The molecule has 1 amide bonds. The third-order valence-corrected chi connectivity index (χ3v) is 6.40. The number of nitrogens with zero attached hydrogens (tertiary/aromatic N) is 2. The van der Waals surface area contributed by atoms with Gasteiger partial charge in [-0.25, -0.2) is 22.4 Å². The zero-order valence-electron chi connectivity index (χ0n) is 18.8. The van der Waals surface area contributed by atoms with E-state index >= 15 is 0 Å². The van der Waals surface area contributed by atoms with E-state index in [4.69, 9.17) is 9.47 Å². The quantitative estimate of drug-likeness (QED) is 0.362. The van der Waals surface area contributed by atoms with Crippen molar-refractivity contribution in [1.29, 1.82) is 0 Å². The number of carbonyl (C=O) groups excluding carboxylic acids is 2. The molecule has 1 N–H and O–H groups in total. The molecule has 3 unspecified atom stereocenters. The number of ether oxygens (including phenoxy) is 2. The van der Waals surface area contributed by atoms with E-state index in [-0.39, 0.29) is 48.2 Å². The van der Waals surface area contributed by atoms with Gasteiger partial charge in [0.2, 0.25) is 0 Å². The first-order valence-corrected chi connectivity index (χ1v) is 11.3. The number of carbonyl (C=O) groups is 2. The maximum absolute atomic E-state index is 14.9. The third-order valence-electron chi connectivity index (χ3n) is 6.08. The highest BCUT2D eigenvalue weighted by Gasteiger charge is 2.61. The number of amides is 1. The van der Waals surface area contributed by atoms with E-state index in [1.807, 2.05) is 0 Å². The number of fused-ring (bicyclic) bond motifs is 1. The highest BCUT2D eigenvalue weighted by molar-refractivity contribution is 7.80. The molecule has 34 heavy (non-hydrogen) atoms. The van der Waals surface area contributed by atoms with Gasteiger partial charge >= 0.3 is 12.1 Å². The van der Waals surface area contributed by atoms with Crippen LogP contribution >= 0.6 is 12.2 Å². The summed E-state index contributed by atoms with van der Waals surface area (Å²) in [5.74, 6) is -2.28. The highest BCUT2D eigenvalue weighted by Crippen LogP contribution is 2.54. The average molecular weight is 504 g/mol. The van der Waals surface area contributed by atoms with Crippen LogP contribution in [0.25, 0.3) is 0 Å². The van der Waals surface area contributed by atoms with Crippen LogP contribution in [0, 0.1) is 29.4 Å². The Morgan fingerprint density at radius 1 is 1.21 bits per heavy atom. The molecule has 3 aliphatic rings. The van der Waals surface area contributed by atoms with Crippen molar-refractivity contribution in [3.05, 3.63) is 23.8 Å². The number of nitrogens with one attached hydrogen (secondary N) is 1. The number of hydrogen-bond donors (Lipinski definition) is 1. The van der Waals surface area contributed by atoms with Crippen LogP contribution in [0.4, 0.5) is 33.7 Å². The number of thiocarbonyl (C=S) groups is 1. The second kappa shape index (κ2) is 8.86. The molecule has 0 spiro atoms.